The van der Waals surface area contributed by atoms with Gasteiger partial charge in [0.1, 0.15) is 30.1 Å². The maximum absolute atomic E-state index is 12.9. The van der Waals surface area contributed by atoms with Crippen LogP contribution < -0.4 is 5.32 Å². The number of hydrogen-bond donors (Lipinski definition) is 3. The number of imidazole rings is 1. The third-order valence-electron chi connectivity index (χ3n) is 4.61. The van der Waals surface area contributed by atoms with Gasteiger partial charge in [-0.15, -0.1) is 0 Å². The van der Waals surface area contributed by atoms with Gasteiger partial charge >= 0.3 is 0 Å². The Morgan fingerprint density at radius 3 is 3.00 bits per heavy atom. The third-order valence-corrected chi connectivity index (χ3v) is 4.61. The van der Waals surface area contributed by atoms with Gasteiger partial charge < -0.3 is 19.9 Å². The number of benzene rings is 1. The van der Waals surface area contributed by atoms with E-state index in [9.17, 15) is 9.18 Å². The summed E-state index contributed by atoms with van der Waals surface area (Å²) in [4.78, 5) is 28.1. The van der Waals surface area contributed by atoms with Gasteiger partial charge in [0, 0.05) is 18.6 Å². The summed E-state index contributed by atoms with van der Waals surface area (Å²) in [6, 6.07) is 7.77. The lowest BCUT2D eigenvalue weighted by molar-refractivity contribution is 0.0933. The molecule has 0 fully saturated rings. The topological polar surface area (TPSA) is 130 Å². The number of amides is 1. The smallest absolute Gasteiger partial charge is 0.270 e. The first kappa shape index (κ1) is 21.1. The minimum Gasteiger partial charge on any atom is -0.395 e. The number of hydrogen-bond acceptors (Lipinski definition) is 7. The first-order valence-electron chi connectivity index (χ1n) is 9.81. The molecule has 3 aromatic heterocycles. The summed E-state index contributed by atoms with van der Waals surface area (Å²) in [6.07, 6.45) is 1.58. The normalized spacial score (nSPS) is 11.7. The Bertz CT molecular complexity index is 1320. The highest BCUT2D eigenvalue weighted by Gasteiger charge is 2.19. The van der Waals surface area contributed by atoms with E-state index in [0.717, 1.165) is 0 Å². The second kappa shape index (κ2) is 9.36. The van der Waals surface area contributed by atoms with Crippen LogP contribution in [0.1, 0.15) is 46.8 Å². The van der Waals surface area contributed by atoms with Crippen LogP contribution in [0.4, 0.5) is 4.39 Å². The number of aromatic nitrogens is 5. The van der Waals surface area contributed by atoms with Crippen molar-refractivity contribution in [2.75, 3.05) is 6.61 Å². The maximum atomic E-state index is 12.9. The fraction of sp³-hybridized carbons (Fsp3) is 0.227. The van der Waals surface area contributed by atoms with Crippen molar-refractivity contribution in [1.29, 1.82) is 0 Å². The van der Waals surface area contributed by atoms with Crippen LogP contribution in [0.3, 0.4) is 0 Å². The molecule has 10 heteroatoms. The minimum absolute atomic E-state index is 0.0463. The van der Waals surface area contributed by atoms with Crippen LogP contribution in [-0.4, -0.2) is 42.7 Å². The van der Waals surface area contributed by atoms with Gasteiger partial charge in [-0.1, -0.05) is 17.1 Å². The average molecular weight is 434 g/mol. The average Bonchev–Trinajstić information content (AvgIpc) is 3.46. The molecule has 0 aliphatic carbocycles. The summed E-state index contributed by atoms with van der Waals surface area (Å²) in [7, 11) is 0. The molecule has 0 saturated heterocycles. The van der Waals surface area contributed by atoms with E-state index >= 15 is 0 Å². The molecule has 4 rings (SSSR count). The summed E-state index contributed by atoms with van der Waals surface area (Å²) in [5.41, 5.74) is 2.96. The van der Waals surface area contributed by atoms with Crippen molar-refractivity contribution in [3.05, 3.63) is 59.3 Å². The van der Waals surface area contributed by atoms with Gasteiger partial charge in [-0.05, 0) is 30.5 Å². The predicted molar refractivity (Wildman–Crippen MR) is 113 cm³/mol. The van der Waals surface area contributed by atoms with Gasteiger partial charge in [-0.25, -0.2) is 19.3 Å². The highest BCUT2D eigenvalue weighted by Crippen LogP contribution is 2.24. The maximum Gasteiger partial charge on any atom is 0.270 e. The standard InChI is InChI=1S/C22H19FN6O3/c1-13(26-22(31)19-9-15(24-12-25-19)4-2-3-7-30)17-10-20(32-29-17)21-27-16-6-5-14(11-23)8-18(16)28-21/h5-6,8-10,12-13,30H,3,7,11H2,1H3,(H,26,31)(H,27,28)/t13-/m1/s1. The second-order valence-electron chi connectivity index (χ2n) is 6.95. The highest BCUT2D eigenvalue weighted by molar-refractivity contribution is 5.92. The number of alkyl halides is 1. The Labute approximate surface area is 182 Å². The summed E-state index contributed by atoms with van der Waals surface area (Å²) in [5.74, 6) is 5.94. The number of halogens is 1. The van der Waals surface area contributed by atoms with Gasteiger partial charge in [0.15, 0.2) is 5.82 Å². The van der Waals surface area contributed by atoms with E-state index in [2.05, 4.69) is 42.3 Å². The zero-order valence-electron chi connectivity index (χ0n) is 17.1. The van der Waals surface area contributed by atoms with E-state index in [4.69, 9.17) is 9.63 Å². The van der Waals surface area contributed by atoms with Crippen LogP contribution in [0.5, 0.6) is 0 Å². The van der Waals surface area contributed by atoms with Gasteiger partial charge in [-0.2, -0.15) is 0 Å². The fourth-order valence-electron chi connectivity index (χ4n) is 2.96. The molecule has 3 N–H and O–H groups in total. The fourth-order valence-corrected chi connectivity index (χ4v) is 2.96. The van der Waals surface area contributed by atoms with Crippen molar-refractivity contribution >= 4 is 16.9 Å². The molecule has 0 aliphatic rings. The van der Waals surface area contributed by atoms with Crippen molar-refractivity contribution in [2.24, 2.45) is 0 Å². The number of carbonyl (C=O) groups excluding carboxylic acids is 1. The van der Waals surface area contributed by atoms with E-state index in [0.29, 0.717) is 46.0 Å². The number of nitrogens with one attached hydrogen (secondary N) is 2. The van der Waals surface area contributed by atoms with Crippen molar-refractivity contribution in [1.82, 2.24) is 30.4 Å². The molecule has 1 amide bonds. The predicted octanol–water partition coefficient (Wildman–Crippen LogP) is 2.70. The van der Waals surface area contributed by atoms with Crippen LogP contribution in [0, 0.1) is 11.8 Å². The number of fused-ring (bicyclic) bond motifs is 1. The van der Waals surface area contributed by atoms with E-state index in [-0.39, 0.29) is 12.3 Å². The van der Waals surface area contributed by atoms with Crippen LogP contribution in [0.2, 0.25) is 0 Å². The lowest BCUT2D eigenvalue weighted by atomic mass is 10.2. The lowest BCUT2D eigenvalue weighted by Gasteiger charge is -2.10. The molecule has 32 heavy (non-hydrogen) atoms. The molecule has 0 radical (unpaired) electrons. The molecular formula is C22H19FN6O3. The quantitative estimate of drug-likeness (QED) is 0.398. The molecule has 1 aromatic carbocycles. The summed E-state index contributed by atoms with van der Waals surface area (Å²) in [5, 5.41) is 15.6. The molecule has 0 saturated carbocycles. The lowest BCUT2D eigenvalue weighted by Crippen LogP contribution is -2.27. The first-order chi connectivity index (χ1) is 15.6. The molecule has 4 aromatic rings. The molecule has 0 spiro atoms. The monoisotopic (exact) mass is 434 g/mol. The zero-order valence-corrected chi connectivity index (χ0v) is 17.1. The Kier molecular flexibility index (Phi) is 6.19. The van der Waals surface area contributed by atoms with Gasteiger partial charge in [-0.3, -0.25) is 4.79 Å². The number of H-pyrrole nitrogens is 1. The Hall–Kier alpha value is -4.10. The number of nitrogens with zero attached hydrogens (tertiary/aromatic N) is 4. The Balaban J connectivity index is 1.47. The molecular weight excluding hydrogens is 415 g/mol. The third kappa shape index (κ3) is 4.63. The minimum atomic E-state index is -0.559. The van der Waals surface area contributed by atoms with Crippen LogP contribution in [0.25, 0.3) is 22.6 Å². The molecule has 0 aliphatic heterocycles. The van der Waals surface area contributed by atoms with E-state index in [1.165, 1.54) is 12.4 Å². The molecule has 0 unspecified atom stereocenters. The van der Waals surface area contributed by atoms with Gasteiger partial charge in [0.05, 0.1) is 23.7 Å². The Morgan fingerprint density at radius 1 is 1.31 bits per heavy atom. The number of aliphatic hydroxyl groups excluding tert-OH is 1. The van der Waals surface area contributed by atoms with Crippen LogP contribution in [0.15, 0.2) is 41.2 Å². The summed E-state index contributed by atoms with van der Waals surface area (Å²) in [6.45, 7) is 1.15. The summed E-state index contributed by atoms with van der Waals surface area (Å²) >= 11 is 0. The SMILES string of the molecule is C[C@@H](NC(=O)c1cc(C#CCCO)ncn1)c1cc(-c2nc3ccc(CF)cc3[nH]2)on1. The number of aromatic amines is 1. The molecule has 1 atom stereocenters. The zero-order chi connectivity index (χ0) is 22.5. The highest BCUT2D eigenvalue weighted by atomic mass is 19.1. The van der Waals surface area contributed by atoms with Crippen molar-refractivity contribution in [3.63, 3.8) is 0 Å². The van der Waals surface area contributed by atoms with E-state index in [1.807, 2.05) is 0 Å². The van der Waals surface area contributed by atoms with E-state index < -0.39 is 18.6 Å². The van der Waals surface area contributed by atoms with Crippen molar-refractivity contribution in [3.8, 4) is 23.4 Å². The summed E-state index contributed by atoms with van der Waals surface area (Å²) < 4.78 is 18.3. The van der Waals surface area contributed by atoms with Gasteiger partial charge in [0.2, 0.25) is 5.76 Å². The molecule has 9 nitrogen and oxygen atoms in total. The first-order valence-corrected chi connectivity index (χ1v) is 9.81. The number of carbonyl (C=O) groups is 1. The number of aliphatic hydroxyl groups is 1. The second-order valence-corrected chi connectivity index (χ2v) is 6.95. The van der Waals surface area contributed by atoms with Crippen LogP contribution in [-0.2, 0) is 6.67 Å². The largest absolute Gasteiger partial charge is 0.395 e. The van der Waals surface area contributed by atoms with Crippen molar-refractivity contribution in [2.45, 2.75) is 26.1 Å². The van der Waals surface area contributed by atoms with Crippen molar-refractivity contribution < 1.29 is 18.8 Å². The molecule has 162 valence electrons. The molecule has 0 bridgehead atoms. The van der Waals surface area contributed by atoms with Gasteiger partial charge in [0.25, 0.3) is 5.91 Å². The Morgan fingerprint density at radius 2 is 2.19 bits per heavy atom. The van der Waals surface area contributed by atoms with E-state index in [1.54, 1.807) is 31.2 Å². The van der Waals surface area contributed by atoms with Crippen LogP contribution >= 0.6 is 0 Å². The molecule has 3 heterocycles. The number of rotatable bonds is 6.